The Balaban J connectivity index is 1.83. The number of hydrogen-bond donors (Lipinski definition) is 2. The second-order valence-corrected chi connectivity index (χ2v) is 7.43. The van der Waals surface area contributed by atoms with Gasteiger partial charge in [0.1, 0.15) is 12.3 Å². The van der Waals surface area contributed by atoms with E-state index in [4.69, 9.17) is 9.47 Å². The Kier molecular flexibility index (Phi) is 9.06. The molecule has 166 valence electrons. The highest BCUT2D eigenvalue weighted by Crippen LogP contribution is 2.22. The highest BCUT2D eigenvalue weighted by molar-refractivity contribution is 5.98. The van der Waals surface area contributed by atoms with Crippen LogP contribution in [0.2, 0.25) is 0 Å². The summed E-state index contributed by atoms with van der Waals surface area (Å²) in [6, 6.07) is 14.6. The lowest BCUT2D eigenvalue weighted by molar-refractivity contribution is -0.147. The van der Waals surface area contributed by atoms with Crippen LogP contribution in [0, 0.1) is 5.92 Å². The van der Waals surface area contributed by atoms with Gasteiger partial charge in [-0.2, -0.15) is 0 Å². The van der Waals surface area contributed by atoms with E-state index < -0.39 is 24.4 Å². The fourth-order valence-electron chi connectivity index (χ4n) is 3.09. The van der Waals surface area contributed by atoms with Gasteiger partial charge >= 0.3 is 5.97 Å². The summed E-state index contributed by atoms with van der Waals surface area (Å²) in [5.41, 5.74) is 2.53. The second-order valence-electron chi connectivity index (χ2n) is 7.43. The summed E-state index contributed by atoms with van der Waals surface area (Å²) in [6.45, 7) is 5.34. The van der Waals surface area contributed by atoms with Crippen molar-refractivity contribution in [2.24, 2.45) is 5.92 Å². The maximum Gasteiger partial charge on any atom is 0.325 e. The summed E-state index contributed by atoms with van der Waals surface area (Å²) < 4.78 is 10.1. The molecule has 7 nitrogen and oxygen atoms in total. The van der Waals surface area contributed by atoms with Crippen LogP contribution in [-0.4, -0.2) is 38.0 Å². The van der Waals surface area contributed by atoms with Crippen molar-refractivity contribution in [1.29, 1.82) is 0 Å². The van der Waals surface area contributed by atoms with Crippen LogP contribution in [-0.2, 0) is 20.7 Å². The molecular formula is C24H30N2O5. The van der Waals surface area contributed by atoms with Crippen LogP contribution in [0.4, 0.5) is 0 Å². The van der Waals surface area contributed by atoms with Crippen molar-refractivity contribution in [1.82, 2.24) is 10.6 Å². The Morgan fingerprint density at radius 2 is 1.68 bits per heavy atom. The van der Waals surface area contributed by atoms with Crippen LogP contribution >= 0.6 is 0 Å². The fourth-order valence-corrected chi connectivity index (χ4v) is 3.09. The zero-order valence-corrected chi connectivity index (χ0v) is 18.4. The summed E-state index contributed by atoms with van der Waals surface area (Å²) in [4.78, 5) is 36.5. The topological polar surface area (TPSA) is 93.7 Å². The Morgan fingerprint density at radius 3 is 2.29 bits per heavy atom. The second kappa shape index (κ2) is 11.7. The molecule has 0 aliphatic heterocycles. The number of carbonyl (C=O) groups excluding carboxylic acids is 3. The first-order valence-corrected chi connectivity index (χ1v) is 10.3. The molecular weight excluding hydrogens is 396 g/mol. The molecule has 2 N–H and O–H groups in total. The highest BCUT2D eigenvalue weighted by atomic mass is 16.5. The molecule has 0 aliphatic carbocycles. The zero-order valence-electron chi connectivity index (χ0n) is 18.4. The lowest BCUT2D eigenvalue weighted by Crippen LogP contribution is -2.36. The monoisotopic (exact) mass is 426 g/mol. The smallest absolute Gasteiger partial charge is 0.325 e. The molecule has 0 spiro atoms. The molecule has 0 bridgehead atoms. The maximum absolute atomic E-state index is 12.3. The maximum atomic E-state index is 12.3. The lowest BCUT2D eigenvalue weighted by Gasteiger charge is -2.23. The van der Waals surface area contributed by atoms with E-state index in [1.54, 1.807) is 24.3 Å². The van der Waals surface area contributed by atoms with Gasteiger partial charge in [0, 0.05) is 0 Å². The van der Waals surface area contributed by atoms with E-state index in [1.165, 1.54) is 12.7 Å². The third-order valence-electron chi connectivity index (χ3n) is 4.84. The molecule has 0 heterocycles. The van der Waals surface area contributed by atoms with Gasteiger partial charge < -0.3 is 20.1 Å². The Morgan fingerprint density at radius 1 is 1.00 bits per heavy atom. The highest BCUT2D eigenvalue weighted by Gasteiger charge is 2.19. The molecule has 0 radical (unpaired) electrons. The quantitative estimate of drug-likeness (QED) is 0.570. The number of carbonyl (C=O) groups is 3. The van der Waals surface area contributed by atoms with Crippen LogP contribution in [0.5, 0.6) is 5.75 Å². The Bertz CT molecular complexity index is 893. The molecule has 2 aromatic rings. The van der Waals surface area contributed by atoms with Crippen LogP contribution in [0.3, 0.4) is 0 Å². The standard InChI is InChI=1S/C24H30N2O5/c1-5-17-10-12-18(13-11-17)23(16(2)3)26-21(27)15-31-22(28)14-25-24(29)19-8-6-7-9-20(19)30-4/h6-13,16,23H,5,14-15H2,1-4H3,(H,25,29)(H,26,27)/t23-/m1/s1. The lowest BCUT2D eigenvalue weighted by atomic mass is 9.95. The van der Waals surface area contributed by atoms with Gasteiger partial charge in [-0.3, -0.25) is 14.4 Å². The van der Waals surface area contributed by atoms with Gasteiger partial charge in [-0.1, -0.05) is 57.2 Å². The first kappa shape index (κ1) is 23.9. The van der Waals surface area contributed by atoms with Gasteiger partial charge in [0.05, 0.1) is 18.7 Å². The summed E-state index contributed by atoms with van der Waals surface area (Å²) in [7, 11) is 1.46. The van der Waals surface area contributed by atoms with E-state index in [0.29, 0.717) is 11.3 Å². The van der Waals surface area contributed by atoms with Crippen molar-refractivity contribution >= 4 is 17.8 Å². The number of hydrogen-bond acceptors (Lipinski definition) is 5. The molecule has 2 rings (SSSR count). The summed E-state index contributed by atoms with van der Waals surface area (Å²) in [6.07, 6.45) is 0.947. The minimum Gasteiger partial charge on any atom is -0.496 e. The van der Waals surface area contributed by atoms with Crippen molar-refractivity contribution in [3.63, 3.8) is 0 Å². The first-order valence-electron chi connectivity index (χ1n) is 10.3. The number of benzene rings is 2. The molecule has 0 unspecified atom stereocenters. The predicted molar refractivity (Wildman–Crippen MR) is 118 cm³/mol. The average molecular weight is 427 g/mol. The molecule has 7 heteroatoms. The van der Waals surface area contributed by atoms with Crippen molar-refractivity contribution in [3.05, 3.63) is 65.2 Å². The molecule has 2 aromatic carbocycles. The normalized spacial score (nSPS) is 11.5. The molecule has 0 fully saturated rings. The number of nitrogens with one attached hydrogen (secondary N) is 2. The molecule has 0 aromatic heterocycles. The molecule has 0 saturated carbocycles. The molecule has 0 saturated heterocycles. The van der Waals surface area contributed by atoms with Gasteiger partial charge in [-0.15, -0.1) is 0 Å². The number of esters is 1. The largest absolute Gasteiger partial charge is 0.496 e. The van der Waals surface area contributed by atoms with E-state index >= 15 is 0 Å². The van der Waals surface area contributed by atoms with Crippen LogP contribution in [0.1, 0.15) is 48.3 Å². The third-order valence-corrected chi connectivity index (χ3v) is 4.84. The number of aryl methyl sites for hydroxylation is 1. The van der Waals surface area contributed by atoms with Gasteiger partial charge in [0.15, 0.2) is 6.61 Å². The summed E-state index contributed by atoms with van der Waals surface area (Å²) in [5, 5.41) is 5.38. The minimum atomic E-state index is -0.702. The number of methoxy groups -OCH3 is 1. The number of amides is 2. The zero-order chi connectivity index (χ0) is 22.8. The molecule has 1 atom stereocenters. The number of para-hydroxylation sites is 1. The molecule has 31 heavy (non-hydrogen) atoms. The van der Waals surface area contributed by atoms with Gasteiger partial charge in [0.25, 0.3) is 11.8 Å². The van der Waals surface area contributed by atoms with E-state index in [9.17, 15) is 14.4 Å². The number of rotatable bonds is 10. The van der Waals surface area contributed by atoms with Crippen LogP contribution in [0.25, 0.3) is 0 Å². The summed E-state index contributed by atoms with van der Waals surface area (Å²) in [5.74, 6) is -1.00. The Labute approximate surface area is 183 Å². The third kappa shape index (κ3) is 7.13. The fraction of sp³-hybridized carbons (Fsp3) is 0.375. The summed E-state index contributed by atoms with van der Waals surface area (Å²) >= 11 is 0. The first-order chi connectivity index (χ1) is 14.8. The van der Waals surface area contributed by atoms with E-state index in [0.717, 1.165) is 12.0 Å². The van der Waals surface area contributed by atoms with E-state index in [2.05, 4.69) is 17.6 Å². The van der Waals surface area contributed by atoms with E-state index in [-0.39, 0.29) is 18.5 Å². The van der Waals surface area contributed by atoms with Crippen molar-refractivity contribution in [2.45, 2.75) is 33.2 Å². The average Bonchev–Trinajstić information content (AvgIpc) is 2.79. The van der Waals surface area contributed by atoms with Crippen LogP contribution < -0.4 is 15.4 Å². The van der Waals surface area contributed by atoms with Crippen LogP contribution in [0.15, 0.2) is 48.5 Å². The van der Waals surface area contributed by atoms with E-state index in [1.807, 2.05) is 38.1 Å². The molecule has 0 aliphatic rings. The molecule has 2 amide bonds. The Hall–Kier alpha value is -3.35. The van der Waals surface area contributed by atoms with Crippen molar-refractivity contribution < 1.29 is 23.9 Å². The SMILES string of the molecule is CCc1ccc([C@H](NC(=O)COC(=O)CNC(=O)c2ccccc2OC)C(C)C)cc1. The van der Waals surface area contributed by atoms with Crippen molar-refractivity contribution in [2.75, 3.05) is 20.3 Å². The minimum absolute atomic E-state index is 0.160. The van der Waals surface area contributed by atoms with Gasteiger partial charge in [-0.25, -0.2) is 0 Å². The van der Waals surface area contributed by atoms with Gasteiger partial charge in [0.2, 0.25) is 0 Å². The number of ether oxygens (including phenoxy) is 2. The van der Waals surface area contributed by atoms with Crippen molar-refractivity contribution in [3.8, 4) is 5.75 Å². The van der Waals surface area contributed by atoms with Gasteiger partial charge in [-0.05, 0) is 35.6 Å². The predicted octanol–water partition coefficient (Wildman–Crippen LogP) is 3.04.